The smallest absolute Gasteiger partial charge is 0.155 e. The average Bonchev–Trinajstić information content (AvgIpc) is 2.48. The van der Waals surface area contributed by atoms with Gasteiger partial charge in [-0.3, -0.25) is 9.59 Å². The third-order valence-electron chi connectivity index (χ3n) is 3.16. The summed E-state index contributed by atoms with van der Waals surface area (Å²) in [5.74, 6) is 0.717. The zero-order valence-electron chi connectivity index (χ0n) is 8.16. The molecule has 0 aromatic heterocycles. The molecule has 0 bridgehead atoms. The lowest BCUT2D eigenvalue weighted by Crippen LogP contribution is -2.26. The lowest BCUT2D eigenvalue weighted by atomic mass is 9.77. The molecule has 14 heavy (non-hydrogen) atoms. The highest BCUT2D eigenvalue weighted by Gasteiger charge is 2.38. The van der Waals surface area contributed by atoms with Crippen molar-refractivity contribution >= 4 is 11.6 Å². The predicted octanol–water partition coefficient (Wildman–Crippen LogP) is 2.06. The molecule has 0 amide bonds. The Morgan fingerprint density at radius 3 is 2.93 bits per heavy atom. The van der Waals surface area contributed by atoms with Crippen LogP contribution in [0.25, 0.3) is 0 Å². The summed E-state index contributed by atoms with van der Waals surface area (Å²) in [5.41, 5.74) is 1.07. The molecule has 0 radical (unpaired) electrons. The molecule has 0 saturated heterocycles. The second-order valence-corrected chi connectivity index (χ2v) is 4.12. The minimum absolute atomic E-state index is 0.0331. The molecule has 2 aliphatic carbocycles. The number of ketones is 2. The van der Waals surface area contributed by atoms with Gasteiger partial charge < -0.3 is 0 Å². The van der Waals surface area contributed by atoms with E-state index in [1.165, 1.54) is 0 Å². The molecule has 1 fully saturated rings. The molecular weight excluding hydrogens is 176 g/mol. The van der Waals surface area contributed by atoms with E-state index >= 15 is 0 Å². The second-order valence-electron chi connectivity index (χ2n) is 4.12. The fraction of sp³-hybridized carbons (Fsp3) is 0.500. The van der Waals surface area contributed by atoms with E-state index in [4.69, 9.17) is 0 Å². The summed E-state index contributed by atoms with van der Waals surface area (Å²) in [5, 5.41) is 0. The Morgan fingerprint density at radius 2 is 2.21 bits per heavy atom. The van der Waals surface area contributed by atoms with Crippen LogP contribution >= 0.6 is 0 Å². The molecule has 0 N–H and O–H groups in total. The van der Waals surface area contributed by atoms with Crippen molar-refractivity contribution in [2.45, 2.75) is 25.7 Å². The number of allylic oxidation sites excluding steroid dienone is 3. The number of fused-ring (bicyclic) bond motifs is 1. The normalized spacial score (nSPS) is 31.3. The molecule has 2 heteroatoms. The summed E-state index contributed by atoms with van der Waals surface area (Å²) < 4.78 is 0. The van der Waals surface area contributed by atoms with Crippen LogP contribution in [0.5, 0.6) is 0 Å². The van der Waals surface area contributed by atoms with Gasteiger partial charge in [-0.25, -0.2) is 0 Å². The molecule has 2 rings (SSSR count). The highest BCUT2D eigenvalue weighted by Crippen LogP contribution is 2.40. The molecule has 0 heterocycles. The van der Waals surface area contributed by atoms with Crippen molar-refractivity contribution in [2.75, 3.05) is 0 Å². The van der Waals surface area contributed by atoms with Crippen LogP contribution in [0.4, 0.5) is 0 Å². The molecule has 74 valence electrons. The lowest BCUT2D eigenvalue weighted by molar-refractivity contribution is -0.122. The molecular formula is C12H14O2. The minimum Gasteiger partial charge on any atom is -0.299 e. The van der Waals surface area contributed by atoms with Crippen molar-refractivity contribution in [3.8, 4) is 0 Å². The third kappa shape index (κ3) is 1.45. The summed E-state index contributed by atoms with van der Waals surface area (Å²) in [7, 11) is 0. The highest BCUT2D eigenvalue weighted by atomic mass is 16.1. The van der Waals surface area contributed by atoms with Crippen molar-refractivity contribution in [2.24, 2.45) is 11.8 Å². The Balaban J connectivity index is 2.28. The first-order valence-electron chi connectivity index (χ1n) is 5.09. The summed E-state index contributed by atoms with van der Waals surface area (Å²) >= 11 is 0. The highest BCUT2D eigenvalue weighted by molar-refractivity contribution is 5.97. The fourth-order valence-electron chi connectivity index (χ4n) is 2.59. The number of carbonyl (C=O) groups is 2. The standard InChI is InChI=1S/C12H14O2/c1-2-3-8-6-10(13)7-9-4-5-11(14)12(8)9/h2,7-8,12H,1,3-6H2/t8-,12?/m1/s1. The van der Waals surface area contributed by atoms with Gasteiger partial charge in [0, 0.05) is 18.8 Å². The Kier molecular flexibility index (Phi) is 2.36. The number of carbonyl (C=O) groups excluding carboxylic acids is 2. The molecule has 1 saturated carbocycles. The second kappa shape index (κ2) is 3.52. The summed E-state index contributed by atoms with van der Waals surface area (Å²) in [6, 6.07) is 0. The maximum absolute atomic E-state index is 11.6. The average molecular weight is 190 g/mol. The van der Waals surface area contributed by atoms with E-state index in [0.29, 0.717) is 18.6 Å². The van der Waals surface area contributed by atoms with Gasteiger partial charge in [-0.05, 0) is 24.8 Å². The SMILES string of the molecule is C=CC[C@@H]1CC(=O)C=C2CCC(=O)C21. The van der Waals surface area contributed by atoms with Gasteiger partial charge in [-0.15, -0.1) is 6.58 Å². The maximum Gasteiger partial charge on any atom is 0.155 e. The van der Waals surface area contributed by atoms with Crippen LogP contribution in [-0.4, -0.2) is 11.6 Å². The van der Waals surface area contributed by atoms with E-state index in [-0.39, 0.29) is 17.6 Å². The van der Waals surface area contributed by atoms with Gasteiger partial charge >= 0.3 is 0 Å². The molecule has 0 spiro atoms. The molecule has 0 aliphatic heterocycles. The Labute approximate surface area is 83.7 Å². The molecule has 2 aliphatic rings. The van der Waals surface area contributed by atoms with Crippen LogP contribution in [0.2, 0.25) is 0 Å². The number of Topliss-reactive ketones (excluding diaryl/α,β-unsaturated/α-hetero) is 1. The van der Waals surface area contributed by atoms with Crippen LogP contribution in [0.3, 0.4) is 0 Å². The van der Waals surface area contributed by atoms with E-state index in [9.17, 15) is 9.59 Å². The van der Waals surface area contributed by atoms with E-state index in [2.05, 4.69) is 6.58 Å². The van der Waals surface area contributed by atoms with Gasteiger partial charge in [0.1, 0.15) is 5.78 Å². The van der Waals surface area contributed by atoms with Crippen LogP contribution in [0.15, 0.2) is 24.3 Å². The van der Waals surface area contributed by atoms with Crippen LogP contribution in [-0.2, 0) is 9.59 Å². The van der Waals surface area contributed by atoms with Crippen molar-refractivity contribution in [3.05, 3.63) is 24.3 Å². The molecule has 2 nitrogen and oxygen atoms in total. The first kappa shape index (κ1) is 9.38. The lowest BCUT2D eigenvalue weighted by Gasteiger charge is -2.25. The summed E-state index contributed by atoms with van der Waals surface area (Å²) in [6.45, 7) is 3.68. The van der Waals surface area contributed by atoms with Gasteiger partial charge in [0.2, 0.25) is 0 Å². The maximum atomic E-state index is 11.6. The molecule has 2 atom stereocenters. The Hall–Kier alpha value is -1.18. The topological polar surface area (TPSA) is 34.1 Å². The van der Waals surface area contributed by atoms with Crippen LogP contribution < -0.4 is 0 Å². The summed E-state index contributed by atoms with van der Waals surface area (Å²) in [4.78, 5) is 23.0. The van der Waals surface area contributed by atoms with Gasteiger partial charge in [-0.1, -0.05) is 11.6 Å². The summed E-state index contributed by atoms with van der Waals surface area (Å²) in [6.07, 6.45) is 6.22. The van der Waals surface area contributed by atoms with Crippen molar-refractivity contribution in [3.63, 3.8) is 0 Å². The Bertz CT molecular complexity index is 325. The van der Waals surface area contributed by atoms with Gasteiger partial charge in [-0.2, -0.15) is 0 Å². The zero-order chi connectivity index (χ0) is 10.1. The van der Waals surface area contributed by atoms with E-state index < -0.39 is 0 Å². The first-order valence-corrected chi connectivity index (χ1v) is 5.09. The fourth-order valence-corrected chi connectivity index (χ4v) is 2.59. The van der Waals surface area contributed by atoms with Crippen LogP contribution in [0.1, 0.15) is 25.7 Å². The quantitative estimate of drug-likeness (QED) is 0.624. The largest absolute Gasteiger partial charge is 0.299 e. The van der Waals surface area contributed by atoms with Gasteiger partial charge in [0.25, 0.3) is 0 Å². The van der Waals surface area contributed by atoms with Crippen LogP contribution in [0, 0.1) is 11.8 Å². The van der Waals surface area contributed by atoms with Gasteiger partial charge in [0.05, 0.1) is 0 Å². The predicted molar refractivity (Wildman–Crippen MR) is 53.7 cm³/mol. The third-order valence-corrected chi connectivity index (χ3v) is 3.16. The number of hydrogen-bond acceptors (Lipinski definition) is 2. The molecule has 0 aromatic carbocycles. The van der Waals surface area contributed by atoms with E-state index in [1.54, 1.807) is 6.08 Å². The monoisotopic (exact) mass is 190 g/mol. The number of rotatable bonds is 2. The van der Waals surface area contributed by atoms with Gasteiger partial charge in [0.15, 0.2) is 5.78 Å². The Morgan fingerprint density at radius 1 is 1.43 bits per heavy atom. The van der Waals surface area contributed by atoms with Crippen molar-refractivity contribution < 1.29 is 9.59 Å². The number of hydrogen-bond donors (Lipinski definition) is 0. The first-order chi connectivity index (χ1) is 6.72. The molecule has 0 aromatic rings. The van der Waals surface area contributed by atoms with Crippen molar-refractivity contribution in [1.82, 2.24) is 0 Å². The molecule has 1 unspecified atom stereocenters. The van der Waals surface area contributed by atoms with Crippen molar-refractivity contribution in [1.29, 1.82) is 0 Å². The minimum atomic E-state index is 0.0331. The van der Waals surface area contributed by atoms with E-state index in [1.807, 2.05) is 6.08 Å². The zero-order valence-corrected chi connectivity index (χ0v) is 8.16. The van der Waals surface area contributed by atoms with E-state index in [0.717, 1.165) is 18.4 Å².